The van der Waals surface area contributed by atoms with Crippen LogP contribution in [-0.4, -0.2) is 30.0 Å². The van der Waals surface area contributed by atoms with Crippen LogP contribution in [0.4, 0.5) is 0 Å². The van der Waals surface area contributed by atoms with Crippen molar-refractivity contribution >= 4 is 18.3 Å². The van der Waals surface area contributed by atoms with E-state index in [-0.39, 0.29) is 0 Å². The number of rotatable bonds is 4. The summed E-state index contributed by atoms with van der Waals surface area (Å²) in [5.74, 6) is 0.525. The first-order chi connectivity index (χ1) is 10.3. The van der Waals surface area contributed by atoms with E-state index in [2.05, 4.69) is 27.2 Å². The molecule has 4 nitrogen and oxygen atoms in total. The lowest BCUT2D eigenvalue weighted by molar-refractivity contribution is 0.451. The highest BCUT2D eigenvalue weighted by atomic mass is 35.5. The molecule has 1 aliphatic rings. The van der Waals surface area contributed by atoms with Gasteiger partial charge < -0.3 is 5.32 Å². The van der Waals surface area contributed by atoms with Gasteiger partial charge in [0.2, 0.25) is 0 Å². The average Bonchev–Trinajstić information content (AvgIpc) is 2.93. The van der Waals surface area contributed by atoms with Gasteiger partial charge in [-0.3, -0.25) is 10.1 Å². The maximum Gasteiger partial charge on any atom is 0.0974 e. The number of aromatic amines is 1. The quantitative estimate of drug-likeness (QED) is 0.851. The van der Waals surface area contributed by atoms with Crippen molar-refractivity contribution in [1.29, 1.82) is 0 Å². The summed E-state index contributed by atoms with van der Waals surface area (Å²) in [5.41, 5.74) is 4.41. The van der Waals surface area contributed by atoms with Crippen LogP contribution in [0.15, 0.2) is 29.3 Å². The number of benzene rings is 1. The molecule has 1 fully saturated rings. The Labute approximate surface area is 129 Å². The minimum atomic E-state index is 0.525. The molecule has 0 bridgehead atoms. The lowest BCUT2D eigenvalue weighted by Gasteiger charge is -2.22. The zero-order chi connectivity index (χ0) is 14.7. The lowest BCUT2D eigenvalue weighted by Crippen LogP contribution is -2.27. The molecule has 110 valence electrons. The summed E-state index contributed by atoms with van der Waals surface area (Å²) in [5, 5.41) is 11.9. The maximum atomic E-state index is 5.96. The van der Waals surface area contributed by atoms with E-state index in [9.17, 15) is 0 Å². The molecule has 0 unspecified atom stereocenters. The molecule has 1 saturated heterocycles. The Morgan fingerprint density at radius 1 is 1.24 bits per heavy atom. The third kappa shape index (κ3) is 3.01. The molecule has 0 atom stereocenters. The second kappa shape index (κ2) is 6.41. The standard InChI is InChI=1S/C16H19ClN4/c1-18-10-14-15(11-2-4-13(17)5-3-11)20-21-16(14)12-6-8-19-9-7-12/h2-5,12,19H,1,6-10H2,(H,20,21). The third-order valence-electron chi connectivity index (χ3n) is 4.03. The molecule has 1 aromatic heterocycles. The maximum absolute atomic E-state index is 5.96. The number of hydrogen-bond acceptors (Lipinski definition) is 3. The summed E-state index contributed by atoms with van der Waals surface area (Å²) < 4.78 is 0. The molecule has 0 saturated carbocycles. The van der Waals surface area contributed by atoms with Gasteiger partial charge in [-0.05, 0) is 44.8 Å². The fraction of sp³-hybridized carbons (Fsp3) is 0.375. The molecule has 2 N–H and O–H groups in total. The van der Waals surface area contributed by atoms with Crippen LogP contribution in [0.25, 0.3) is 11.3 Å². The van der Waals surface area contributed by atoms with Gasteiger partial charge in [-0.15, -0.1) is 0 Å². The van der Waals surface area contributed by atoms with E-state index in [1.807, 2.05) is 24.3 Å². The van der Waals surface area contributed by atoms with E-state index < -0.39 is 0 Å². The van der Waals surface area contributed by atoms with E-state index >= 15 is 0 Å². The van der Waals surface area contributed by atoms with Crippen LogP contribution < -0.4 is 5.32 Å². The first kappa shape index (κ1) is 14.3. The van der Waals surface area contributed by atoms with Gasteiger partial charge in [0.1, 0.15) is 0 Å². The number of nitrogens with one attached hydrogen (secondary N) is 2. The smallest absolute Gasteiger partial charge is 0.0974 e. The second-order valence-electron chi connectivity index (χ2n) is 5.38. The highest BCUT2D eigenvalue weighted by Crippen LogP contribution is 2.33. The Kier molecular flexibility index (Phi) is 4.36. The van der Waals surface area contributed by atoms with Crippen LogP contribution in [0.1, 0.15) is 30.0 Å². The Bertz CT molecular complexity index is 612. The van der Waals surface area contributed by atoms with Gasteiger partial charge in [0.15, 0.2) is 0 Å². The minimum absolute atomic E-state index is 0.525. The number of nitrogens with zero attached hydrogens (tertiary/aromatic N) is 2. The zero-order valence-corrected chi connectivity index (χ0v) is 12.7. The summed E-state index contributed by atoms with van der Waals surface area (Å²) in [6, 6.07) is 7.77. The van der Waals surface area contributed by atoms with Gasteiger partial charge in [-0.1, -0.05) is 23.7 Å². The van der Waals surface area contributed by atoms with E-state index in [1.54, 1.807) is 0 Å². The molecule has 0 amide bonds. The summed E-state index contributed by atoms with van der Waals surface area (Å²) in [7, 11) is 0. The number of piperidine rings is 1. The van der Waals surface area contributed by atoms with Gasteiger partial charge in [-0.25, -0.2) is 0 Å². The highest BCUT2D eigenvalue weighted by molar-refractivity contribution is 6.30. The summed E-state index contributed by atoms with van der Waals surface area (Å²) in [6.45, 7) is 6.35. The normalized spacial score (nSPS) is 16.0. The van der Waals surface area contributed by atoms with Crippen molar-refractivity contribution in [2.24, 2.45) is 4.99 Å². The second-order valence-corrected chi connectivity index (χ2v) is 5.81. The van der Waals surface area contributed by atoms with E-state index in [1.165, 1.54) is 11.3 Å². The van der Waals surface area contributed by atoms with Gasteiger partial charge in [-0.2, -0.15) is 5.10 Å². The van der Waals surface area contributed by atoms with Gasteiger partial charge in [0, 0.05) is 27.8 Å². The van der Waals surface area contributed by atoms with Gasteiger partial charge >= 0.3 is 0 Å². The van der Waals surface area contributed by atoms with Crippen molar-refractivity contribution in [3.8, 4) is 11.3 Å². The van der Waals surface area contributed by atoms with Crippen molar-refractivity contribution in [3.63, 3.8) is 0 Å². The van der Waals surface area contributed by atoms with Crippen LogP contribution in [0, 0.1) is 0 Å². The van der Waals surface area contributed by atoms with Crippen molar-refractivity contribution < 1.29 is 0 Å². The molecule has 2 heterocycles. The van der Waals surface area contributed by atoms with Crippen LogP contribution in [0.3, 0.4) is 0 Å². The molecule has 0 spiro atoms. The molecule has 3 rings (SSSR count). The van der Waals surface area contributed by atoms with Crippen molar-refractivity contribution in [1.82, 2.24) is 15.5 Å². The lowest BCUT2D eigenvalue weighted by atomic mass is 9.90. The summed E-state index contributed by atoms with van der Waals surface area (Å²) in [4.78, 5) is 4.09. The van der Waals surface area contributed by atoms with Crippen molar-refractivity contribution in [2.75, 3.05) is 13.1 Å². The SMILES string of the molecule is C=NCc1c(-c2ccc(Cl)cc2)n[nH]c1C1CCNCC1. The Hall–Kier alpha value is -1.65. The number of aliphatic imine (C=N–C) groups is 1. The molecule has 1 aromatic carbocycles. The third-order valence-corrected chi connectivity index (χ3v) is 4.29. The van der Waals surface area contributed by atoms with E-state index in [4.69, 9.17) is 11.6 Å². The van der Waals surface area contributed by atoms with E-state index in [0.717, 1.165) is 42.2 Å². The van der Waals surface area contributed by atoms with E-state index in [0.29, 0.717) is 12.5 Å². The van der Waals surface area contributed by atoms with Gasteiger partial charge in [0.25, 0.3) is 0 Å². The van der Waals surface area contributed by atoms with Crippen LogP contribution >= 0.6 is 11.6 Å². The molecule has 0 radical (unpaired) electrons. The minimum Gasteiger partial charge on any atom is -0.317 e. The molecular weight excluding hydrogens is 284 g/mol. The van der Waals surface area contributed by atoms with Crippen LogP contribution in [0.5, 0.6) is 0 Å². The first-order valence-corrected chi connectivity index (χ1v) is 7.63. The molecule has 5 heteroatoms. The Morgan fingerprint density at radius 2 is 1.95 bits per heavy atom. The van der Waals surface area contributed by atoms with Crippen LogP contribution in [0.2, 0.25) is 5.02 Å². The first-order valence-electron chi connectivity index (χ1n) is 7.26. The number of halogens is 1. The topological polar surface area (TPSA) is 53.1 Å². The molecule has 0 aliphatic carbocycles. The van der Waals surface area contributed by atoms with Crippen LogP contribution in [-0.2, 0) is 6.54 Å². The largest absolute Gasteiger partial charge is 0.317 e. The predicted octanol–water partition coefficient (Wildman–Crippen LogP) is 3.40. The Balaban J connectivity index is 1.98. The fourth-order valence-corrected chi connectivity index (χ4v) is 3.07. The number of hydrogen-bond donors (Lipinski definition) is 2. The summed E-state index contributed by atoms with van der Waals surface area (Å²) in [6.07, 6.45) is 2.26. The Morgan fingerprint density at radius 3 is 2.62 bits per heavy atom. The highest BCUT2D eigenvalue weighted by Gasteiger charge is 2.23. The number of H-pyrrole nitrogens is 1. The predicted molar refractivity (Wildman–Crippen MR) is 87.1 cm³/mol. The molecule has 2 aromatic rings. The zero-order valence-electron chi connectivity index (χ0n) is 11.9. The van der Waals surface area contributed by atoms with Gasteiger partial charge in [0.05, 0.1) is 12.2 Å². The molecule has 1 aliphatic heterocycles. The molecule has 21 heavy (non-hydrogen) atoms. The van der Waals surface area contributed by atoms with Crippen molar-refractivity contribution in [2.45, 2.75) is 25.3 Å². The summed E-state index contributed by atoms with van der Waals surface area (Å²) >= 11 is 5.96. The average molecular weight is 303 g/mol. The molecular formula is C16H19ClN4. The number of aromatic nitrogens is 2. The van der Waals surface area contributed by atoms with Crippen molar-refractivity contribution in [3.05, 3.63) is 40.5 Å². The monoisotopic (exact) mass is 302 g/mol. The fourth-order valence-electron chi connectivity index (χ4n) is 2.95.